The highest BCUT2D eigenvalue weighted by molar-refractivity contribution is 5.79. The van der Waals surface area contributed by atoms with Crippen LogP contribution in [0.5, 0.6) is 0 Å². The van der Waals surface area contributed by atoms with E-state index in [0.717, 1.165) is 19.3 Å². The molecular weight excluding hydrogens is 214 g/mol. The summed E-state index contributed by atoms with van der Waals surface area (Å²) in [5.74, 6) is 1.06. The molecule has 1 fully saturated rings. The summed E-state index contributed by atoms with van der Waals surface area (Å²) in [5, 5.41) is 12.8. The van der Waals surface area contributed by atoms with Gasteiger partial charge in [-0.15, -0.1) is 0 Å². The lowest BCUT2D eigenvalue weighted by Crippen LogP contribution is -2.48. The van der Waals surface area contributed by atoms with E-state index in [2.05, 4.69) is 17.2 Å². The maximum absolute atomic E-state index is 9.62. The number of hydrogen-bond acceptors (Lipinski definition) is 2. The highest BCUT2D eigenvalue weighted by atomic mass is 16.3. The number of nitrogens with one attached hydrogen (secondary N) is 1. The summed E-state index contributed by atoms with van der Waals surface area (Å²) in [5.41, 5.74) is 5.47. The lowest BCUT2D eigenvalue weighted by atomic mass is 9.77. The Morgan fingerprint density at radius 2 is 2.18 bits per heavy atom. The smallest absolute Gasteiger partial charge is 0.189 e. The van der Waals surface area contributed by atoms with Crippen LogP contribution in [0, 0.1) is 5.92 Å². The lowest BCUT2D eigenvalue weighted by molar-refractivity contribution is 0.135. The third kappa shape index (κ3) is 4.54. The summed E-state index contributed by atoms with van der Waals surface area (Å²) >= 11 is 0. The van der Waals surface area contributed by atoms with Gasteiger partial charge < -0.3 is 16.2 Å². The maximum Gasteiger partial charge on any atom is 0.189 e. The van der Waals surface area contributed by atoms with Crippen LogP contribution in [0.15, 0.2) is 4.99 Å². The van der Waals surface area contributed by atoms with Gasteiger partial charge >= 0.3 is 0 Å². The van der Waals surface area contributed by atoms with Gasteiger partial charge in [-0.25, -0.2) is 4.99 Å². The molecule has 2 unspecified atom stereocenters. The number of aliphatic hydroxyl groups is 1. The zero-order valence-electron chi connectivity index (χ0n) is 11.6. The molecular formula is C13H27N3O. The normalized spacial score (nSPS) is 31.4. The van der Waals surface area contributed by atoms with Crippen molar-refractivity contribution in [2.24, 2.45) is 16.6 Å². The topological polar surface area (TPSA) is 70.6 Å². The zero-order chi connectivity index (χ0) is 13.1. The van der Waals surface area contributed by atoms with Gasteiger partial charge in [0.05, 0.1) is 12.1 Å². The third-order valence-corrected chi connectivity index (χ3v) is 3.22. The highest BCUT2D eigenvalue weighted by Gasteiger charge is 2.34. The average Bonchev–Trinajstić information content (AvgIpc) is 2.14. The van der Waals surface area contributed by atoms with Gasteiger partial charge in [-0.05, 0) is 39.5 Å². The molecule has 0 aromatic carbocycles. The Morgan fingerprint density at radius 3 is 2.65 bits per heavy atom. The summed E-state index contributed by atoms with van der Waals surface area (Å²) in [6.45, 7) is 8.44. The Bertz CT molecular complexity index is 283. The molecule has 0 spiro atoms. The van der Waals surface area contributed by atoms with Crippen LogP contribution >= 0.6 is 0 Å². The molecule has 0 bridgehead atoms. The van der Waals surface area contributed by atoms with Crippen LogP contribution in [0.4, 0.5) is 0 Å². The molecule has 4 N–H and O–H groups in total. The standard InChI is InChI=1S/C13H27N3O/c1-10-6-5-7-13(8-10,9-17)16-11(14)15-12(2,3)4/h10,17H,5-9H2,1-4H3,(H3,14,15,16). The Kier molecular flexibility index (Phi) is 4.42. The molecule has 1 aliphatic rings. The second-order valence-corrected chi connectivity index (χ2v) is 6.46. The molecule has 4 heteroatoms. The molecule has 0 aromatic rings. The van der Waals surface area contributed by atoms with E-state index in [0.29, 0.717) is 11.9 Å². The van der Waals surface area contributed by atoms with Gasteiger partial charge in [0.1, 0.15) is 0 Å². The number of rotatable bonds is 2. The van der Waals surface area contributed by atoms with Gasteiger partial charge in [0.25, 0.3) is 0 Å². The van der Waals surface area contributed by atoms with Gasteiger partial charge in [0.15, 0.2) is 5.96 Å². The zero-order valence-corrected chi connectivity index (χ0v) is 11.6. The van der Waals surface area contributed by atoms with Gasteiger partial charge in [0, 0.05) is 5.54 Å². The molecule has 1 saturated carbocycles. The van der Waals surface area contributed by atoms with E-state index in [1.807, 2.05) is 20.8 Å². The van der Waals surface area contributed by atoms with Gasteiger partial charge in [-0.3, -0.25) is 0 Å². The molecule has 2 atom stereocenters. The Hall–Kier alpha value is -0.770. The van der Waals surface area contributed by atoms with Gasteiger partial charge in [-0.1, -0.05) is 19.8 Å². The molecule has 1 aliphatic carbocycles. The van der Waals surface area contributed by atoms with Crippen molar-refractivity contribution >= 4 is 5.96 Å². The first-order valence-corrected chi connectivity index (χ1v) is 6.51. The van der Waals surface area contributed by atoms with E-state index < -0.39 is 0 Å². The van der Waals surface area contributed by atoms with E-state index in [1.165, 1.54) is 6.42 Å². The van der Waals surface area contributed by atoms with Crippen LogP contribution in [0.25, 0.3) is 0 Å². The Balaban J connectivity index is 2.76. The SMILES string of the molecule is CC1CCCC(CO)(N=C(N)NC(C)(C)C)C1. The third-order valence-electron chi connectivity index (χ3n) is 3.22. The van der Waals surface area contributed by atoms with Crippen LogP contribution in [-0.2, 0) is 0 Å². The molecule has 100 valence electrons. The second-order valence-electron chi connectivity index (χ2n) is 6.46. The number of guanidine groups is 1. The predicted molar refractivity (Wildman–Crippen MR) is 72.0 cm³/mol. The first kappa shape index (κ1) is 14.3. The minimum atomic E-state index is -0.361. The van der Waals surface area contributed by atoms with Crippen molar-refractivity contribution in [3.63, 3.8) is 0 Å². The quantitative estimate of drug-likeness (QED) is 0.508. The number of hydrogen-bond donors (Lipinski definition) is 3. The van der Waals surface area contributed by atoms with Crippen LogP contribution in [-0.4, -0.2) is 28.8 Å². The fourth-order valence-corrected chi connectivity index (χ4v) is 2.58. The molecule has 4 nitrogen and oxygen atoms in total. The highest BCUT2D eigenvalue weighted by Crippen LogP contribution is 2.34. The number of aliphatic imine (C=N–C) groups is 1. The number of nitrogens with zero attached hydrogens (tertiary/aromatic N) is 1. The van der Waals surface area contributed by atoms with Crippen molar-refractivity contribution in [1.82, 2.24) is 5.32 Å². The fourth-order valence-electron chi connectivity index (χ4n) is 2.58. The van der Waals surface area contributed by atoms with Crippen molar-refractivity contribution in [3.05, 3.63) is 0 Å². The van der Waals surface area contributed by atoms with Gasteiger partial charge in [0.2, 0.25) is 0 Å². The summed E-state index contributed by atoms with van der Waals surface area (Å²) in [6.07, 6.45) is 4.20. The van der Waals surface area contributed by atoms with Crippen LogP contribution in [0.3, 0.4) is 0 Å². The minimum Gasteiger partial charge on any atom is -0.394 e. The molecule has 0 heterocycles. The monoisotopic (exact) mass is 241 g/mol. The summed E-state index contributed by atoms with van der Waals surface area (Å²) in [6, 6.07) is 0. The maximum atomic E-state index is 9.62. The number of aliphatic hydroxyl groups excluding tert-OH is 1. The van der Waals surface area contributed by atoms with Crippen molar-refractivity contribution in [1.29, 1.82) is 0 Å². The summed E-state index contributed by atoms with van der Waals surface area (Å²) in [7, 11) is 0. The van der Waals surface area contributed by atoms with E-state index in [-0.39, 0.29) is 17.7 Å². The molecule has 0 aliphatic heterocycles. The first-order chi connectivity index (χ1) is 7.76. The largest absolute Gasteiger partial charge is 0.394 e. The number of nitrogens with two attached hydrogens (primary N) is 1. The molecule has 0 radical (unpaired) electrons. The Labute approximate surface area is 105 Å². The van der Waals surface area contributed by atoms with Crippen LogP contribution in [0.2, 0.25) is 0 Å². The van der Waals surface area contributed by atoms with E-state index in [1.54, 1.807) is 0 Å². The van der Waals surface area contributed by atoms with Gasteiger partial charge in [-0.2, -0.15) is 0 Å². The predicted octanol–water partition coefficient (Wildman–Crippen LogP) is 1.63. The van der Waals surface area contributed by atoms with E-state index in [9.17, 15) is 5.11 Å². The van der Waals surface area contributed by atoms with Crippen molar-refractivity contribution < 1.29 is 5.11 Å². The lowest BCUT2D eigenvalue weighted by Gasteiger charge is -2.36. The molecule has 17 heavy (non-hydrogen) atoms. The van der Waals surface area contributed by atoms with Crippen molar-refractivity contribution in [3.8, 4) is 0 Å². The van der Waals surface area contributed by atoms with Crippen molar-refractivity contribution in [2.75, 3.05) is 6.61 Å². The summed E-state index contributed by atoms with van der Waals surface area (Å²) < 4.78 is 0. The van der Waals surface area contributed by atoms with E-state index in [4.69, 9.17) is 5.73 Å². The van der Waals surface area contributed by atoms with Crippen LogP contribution in [0.1, 0.15) is 53.4 Å². The van der Waals surface area contributed by atoms with E-state index >= 15 is 0 Å². The van der Waals surface area contributed by atoms with Crippen LogP contribution < -0.4 is 11.1 Å². The minimum absolute atomic E-state index is 0.0872. The second kappa shape index (κ2) is 5.25. The summed E-state index contributed by atoms with van der Waals surface area (Å²) in [4.78, 5) is 4.56. The molecule has 1 rings (SSSR count). The molecule has 0 aromatic heterocycles. The molecule has 0 saturated heterocycles. The Morgan fingerprint density at radius 1 is 1.53 bits per heavy atom. The fraction of sp³-hybridized carbons (Fsp3) is 0.923. The van der Waals surface area contributed by atoms with Crippen molar-refractivity contribution in [2.45, 2.75) is 64.5 Å². The average molecular weight is 241 g/mol. The first-order valence-electron chi connectivity index (χ1n) is 6.51. The molecule has 0 amide bonds.